The Kier molecular flexibility index (Phi) is 5.24. The standard InChI is InChI=1S/C23H23N3O2/c1-2-22-25-19-11-5-6-12-20(19)26(22)16-23(27)24-14-15-28-21-13-7-9-17-8-3-4-10-18(17)21/h3-13H,2,14-16H2,1H3,(H,24,27). The minimum Gasteiger partial charge on any atom is -0.491 e. The first kappa shape index (κ1) is 18.0. The van der Waals surface area contributed by atoms with Crippen LogP contribution < -0.4 is 10.1 Å². The molecule has 142 valence electrons. The van der Waals surface area contributed by atoms with Gasteiger partial charge < -0.3 is 14.6 Å². The predicted octanol–water partition coefficient (Wildman–Crippen LogP) is 3.95. The zero-order valence-electron chi connectivity index (χ0n) is 15.9. The summed E-state index contributed by atoms with van der Waals surface area (Å²) in [6.45, 7) is 3.19. The zero-order chi connectivity index (χ0) is 19.3. The summed E-state index contributed by atoms with van der Waals surface area (Å²) in [6, 6.07) is 22.0. The second kappa shape index (κ2) is 8.13. The fraction of sp³-hybridized carbons (Fsp3) is 0.217. The molecule has 4 rings (SSSR count). The summed E-state index contributed by atoms with van der Waals surface area (Å²) in [7, 11) is 0. The van der Waals surface area contributed by atoms with Crippen LogP contribution in [0.5, 0.6) is 5.75 Å². The third kappa shape index (κ3) is 3.69. The molecule has 0 unspecified atom stereocenters. The Hall–Kier alpha value is -3.34. The van der Waals surface area contributed by atoms with Crippen molar-refractivity contribution in [2.45, 2.75) is 19.9 Å². The van der Waals surface area contributed by atoms with Gasteiger partial charge in [-0.15, -0.1) is 0 Å². The molecule has 0 aliphatic carbocycles. The topological polar surface area (TPSA) is 56.2 Å². The number of hydrogen-bond donors (Lipinski definition) is 1. The van der Waals surface area contributed by atoms with Gasteiger partial charge in [0, 0.05) is 11.8 Å². The molecular formula is C23H23N3O2. The lowest BCUT2D eigenvalue weighted by molar-refractivity contribution is -0.121. The van der Waals surface area contributed by atoms with Gasteiger partial charge in [0.15, 0.2) is 0 Å². The molecule has 1 heterocycles. The van der Waals surface area contributed by atoms with E-state index in [2.05, 4.69) is 22.4 Å². The molecule has 0 aliphatic rings. The quantitative estimate of drug-likeness (QED) is 0.499. The molecule has 1 amide bonds. The highest BCUT2D eigenvalue weighted by Crippen LogP contribution is 2.24. The molecule has 0 saturated heterocycles. The van der Waals surface area contributed by atoms with Crippen LogP contribution in [0.4, 0.5) is 0 Å². The molecule has 0 atom stereocenters. The van der Waals surface area contributed by atoms with Gasteiger partial charge in [-0.3, -0.25) is 4.79 Å². The van der Waals surface area contributed by atoms with E-state index in [1.54, 1.807) is 0 Å². The average molecular weight is 373 g/mol. The van der Waals surface area contributed by atoms with Gasteiger partial charge in [0.05, 0.1) is 17.6 Å². The molecule has 0 spiro atoms. The SMILES string of the molecule is CCc1nc2ccccc2n1CC(=O)NCCOc1cccc2ccccc12. The third-order valence-corrected chi connectivity index (χ3v) is 4.78. The number of rotatable bonds is 7. The molecule has 5 nitrogen and oxygen atoms in total. The van der Waals surface area contributed by atoms with E-state index in [4.69, 9.17) is 4.74 Å². The first-order valence-corrected chi connectivity index (χ1v) is 9.57. The van der Waals surface area contributed by atoms with E-state index in [0.29, 0.717) is 13.2 Å². The monoisotopic (exact) mass is 373 g/mol. The van der Waals surface area contributed by atoms with Gasteiger partial charge in [0.25, 0.3) is 0 Å². The number of imidazole rings is 1. The van der Waals surface area contributed by atoms with Crippen molar-refractivity contribution in [2.75, 3.05) is 13.2 Å². The van der Waals surface area contributed by atoms with Crippen LogP contribution in [0.1, 0.15) is 12.7 Å². The van der Waals surface area contributed by atoms with Crippen molar-refractivity contribution in [3.8, 4) is 5.75 Å². The number of ether oxygens (including phenoxy) is 1. The van der Waals surface area contributed by atoms with Crippen LogP contribution in [0.15, 0.2) is 66.7 Å². The van der Waals surface area contributed by atoms with E-state index < -0.39 is 0 Å². The fourth-order valence-electron chi connectivity index (χ4n) is 3.44. The highest BCUT2D eigenvalue weighted by Gasteiger charge is 2.12. The first-order valence-electron chi connectivity index (χ1n) is 9.57. The molecule has 4 aromatic rings. The molecule has 0 saturated carbocycles. The normalized spacial score (nSPS) is 11.0. The van der Waals surface area contributed by atoms with Gasteiger partial charge in [0.1, 0.15) is 24.7 Å². The molecule has 0 bridgehead atoms. The Bertz CT molecular complexity index is 1110. The Labute approximate surface area is 164 Å². The molecular weight excluding hydrogens is 350 g/mol. The highest BCUT2D eigenvalue weighted by atomic mass is 16.5. The number of nitrogens with one attached hydrogen (secondary N) is 1. The van der Waals surface area contributed by atoms with Crippen LogP contribution in [-0.2, 0) is 17.8 Å². The molecule has 0 fully saturated rings. The van der Waals surface area contributed by atoms with Gasteiger partial charge in [-0.05, 0) is 23.6 Å². The third-order valence-electron chi connectivity index (χ3n) is 4.78. The van der Waals surface area contributed by atoms with Crippen molar-refractivity contribution in [3.05, 3.63) is 72.6 Å². The Morgan fingerprint density at radius 3 is 2.71 bits per heavy atom. The molecule has 0 aliphatic heterocycles. The first-order chi connectivity index (χ1) is 13.8. The van der Waals surface area contributed by atoms with Gasteiger partial charge >= 0.3 is 0 Å². The van der Waals surface area contributed by atoms with E-state index in [9.17, 15) is 4.79 Å². The smallest absolute Gasteiger partial charge is 0.240 e. The fourth-order valence-corrected chi connectivity index (χ4v) is 3.44. The van der Waals surface area contributed by atoms with Crippen LogP contribution in [0, 0.1) is 0 Å². The van der Waals surface area contributed by atoms with E-state index in [-0.39, 0.29) is 12.5 Å². The number of hydrogen-bond acceptors (Lipinski definition) is 3. The molecule has 28 heavy (non-hydrogen) atoms. The van der Waals surface area contributed by atoms with Crippen molar-refractivity contribution < 1.29 is 9.53 Å². The van der Waals surface area contributed by atoms with Crippen LogP contribution in [0.3, 0.4) is 0 Å². The van der Waals surface area contributed by atoms with Crippen LogP contribution in [0.2, 0.25) is 0 Å². The van der Waals surface area contributed by atoms with Crippen molar-refractivity contribution in [1.29, 1.82) is 0 Å². The number of benzene rings is 3. The zero-order valence-corrected chi connectivity index (χ0v) is 15.9. The maximum Gasteiger partial charge on any atom is 0.240 e. The van der Waals surface area contributed by atoms with Gasteiger partial charge in [0.2, 0.25) is 5.91 Å². The van der Waals surface area contributed by atoms with Crippen LogP contribution in [0.25, 0.3) is 21.8 Å². The van der Waals surface area contributed by atoms with Gasteiger partial charge in [-0.1, -0.05) is 55.5 Å². The van der Waals surface area contributed by atoms with Crippen LogP contribution in [-0.4, -0.2) is 28.6 Å². The number of carbonyl (C=O) groups excluding carboxylic acids is 1. The lowest BCUT2D eigenvalue weighted by Crippen LogP contribution is -2.31. The largest absolute Gasteiger partial charge is 0.491 e. The highest BCUT2D eigenvalue weighted by molar-refractivity contribution is 5.88. The maximum absolute atomic E-state index is 12.4. The predicted molar refractivity (Wildman–Crippen MR) is 112 cm³/mol. The average Bonchev–Trinajstić information content (AvgIpc) is 3.09. The number of aryl methyl sites for hydroxylation is 1. The minimum absolute atomic E-state index is 0.0422. The summed E-state index contributed by atoms with van der Waals surface area (Å²) < 4.78 is 7.87. The Balaban J connectivity index is 1.35. The molecule has 0 radical (unpaired) electrons. The van der Waals surface area contributed by atoms with Gasteiger partial charge in [-0.2, -0.15) is 0 Å². The van der Waals surface area contributed by atoms with E-state index >= 15 is 0 Å². The number of carbonyl (C=O) groups is 1. The number of amides is 1. The summed E-state index contributed by atoms with van der Waals surface area (Å²) in [4.78, 5) is 17.0. The van der Waals surface area contributed by atoms with E-state index in [0.717, 1.165) is 39.8 Å². The molecule has 5 heteroatoms. The molecule has 3 aromatic carbocycles. The van der Waals surface area contributed by atoms with Crippen molar-refractivity contribution in [2.24, 2.45) is 0 Å². The summed E-state index contributed by atoms with van der Waals surface area (Å²) in [6.07, 6.45) is 0.784. The summed E-state index contributed by atoms with van der Waals surface area (Å²) in [5, 5.41) is 5.16. The molecule has 1 aromatic heterocycles. The maximum atomic E-state index is 12.4. The van der Waals surface area contributed by atoms with Crippen molar-refractivity contribution in [1.82, 2.24) is 14.9 Å². The summed E-state index contributed by atoms with van der Waals surface area (Å²) in [5.74, 6) is 1.71. The van der Waals surface area contributed by atoms with E-state index in [1.807, 2.05) is 66.1 Å². The minimum atomic E-state index is -0.0422. The number of fused-ring (bicyclic) bond motifs is 2. The summed E-state index contributed by atoms with van der Waals surface area (Å²) in [5.41, 5.74) is 1.91. The lowest BCUT2D eigenvalue weighted by Gasteiger charge is -2.11. The second-order valence-corrected chi connectivity index (χ2v) is 6.63. The Morgan fingerprint density at radius 1 is 1.04 bits per heavy atom. The summed E-state index contributed by atoms with van der Waals surface area (Å²) >= 11 is 0. The number of aromatic nitrogens is 2. The van der Waals surface area contributed by atoms with E-state index in [1.165, 1.54) is 0 Å². The molecule has 1 N–H and O–H groups in total. The number of para-hydroxylation sites is 2. The Morgan fingerprint density at radius 2 is 1.82 bits per heavy atom. The van der Waals surface area contributed by atoms with Crippen LogP contribution >= 0.6 is 0 Å². The van der Waals surface area contributed by atoms with Crippen molar-refractivity contribution in [3.63, 3.8) is 0 Å². The van der Waals surface area contributed by atoms with Gasteiger partial charge in [-0.25, -0.2) is 4.98 Å². The number of nitrogens with zero attached hydrogens (tertiary/aromatic N) is 2. The lowest BCUT2D eigenvalue weighted by atomic mass is 10.1. The van der Waals surface area contributed by atoms with Crippen molar-refractivity contribution >= 4 is 27.7 Å². The second-order valence-electron chi connectivity index (χ2n) is 6.63.